The van der Waals surface area contributed by atoms with Crippen molar-refractivity contribution in [2.75, 3.05) is 6.61 Å². The van der Waals surface area contributed by atoms with E-state index in [1.54, 1.807) is 10.6 Å². The van der Waals surface area contributed by atoms with E-state index in [1.165, 1.54) is 0 Å². The number of hydrogen-bond acceptors (Lipinski definition) is 3. The highest BCUT2D eigenvalue weighted by Gasteiger charge is 2.14. The van der Waals surface area contributed by atoms with Gasteiger partial charge in [0.15, 0.2) is 0 Å². The van der Waals surface area contributed by atoms with Crippen LogP contribution >= 0.6 is 0 Å². The zero-order valence-corrected chi connectivity index (χ0v) is 8.14. The van der Waals surface area contributed by atoms with Crippen LogP contribution in [0.3, 0.4) is 0 Å². The molecule has 0 spiro atoms. The van der Waals surface area contributed by atoms with E-state index in [0.29, 0.717) is 30.1 Å². The second kappa shape index (κ2) is 3.08. The summed E-state index contributed by atoms with van der Waals surface area (Å²) in [5, 5.41) is 0.659. The fourth-order valence-electron chi connectivity index (χ4n) is 1.84. The van der Waals surface area contributed by atoms with E-state index in [9.17, 15) is 4.79 Å². The molecule has 1 aliphatic heterocycles. The van der Waals surface area contributed by atoms with Gasteiger partial charge in [-0.2, -0.15) is 4.98 Å². The molecule has 0 fully saturated rings. The van der Waals surface area contributed by atoms with Crippen molar-refractivity contribution in [3.05, 3.63) is 34.6 Å². The molecule has 15 heavy (non-hydrogen) atoms. The Morgan fingerprint density at radius 3 is 3.13 bits per heavy atom. The number of para-hydroxylation sites is 1. The van der Waals surface area contributed by atoms with E-state index in [0.717, 1.165) is 6.42 Å². The summed E-state index contributed by atoms with van der Waals surface area (Å²) >= 11 is 0. The lowest BCUT2D eigenvalue weighted by Gasteiger charge is -2.18. The van der Waals surface area contributed by atoms with Crippen molar-refractivity contribution in [3.8, 4) is 6.01 Å². The number of benzene rings is 1. The molecule has 0 bridgehead atoms. The predicted molar refractivity (Wildman–Crippen MR) is 56.1 cm³/mol. The van der Waals surface area contributed by atoms with Gasteiger partial charge in [0, 0.05) is 6.54 Å². The summed E-state index contributed by atoms with van der Waals surface area (Å²) in [6, 6.07) is 7.80. The highest BCUT2D eigenvalue weighted by Crippen LogP contribution is 2.15. The summed E-state index contributed by atoms with van der Waals surface area (Å²) in [4.78, 5) is 16.3. The molecule has 0 N–H and O–H groups in total. The summed E-state index contributed by atoms with van der Waals surface area (Å²) in [5.74, 6) is 0. The summed E-state index contributed by atoms with van der Waals surface area (Å²) in [7, 11) is 0. The number of rotatable bonds is 0. The quantitative estimate of drug-likeness (QED) is 0.644. The molecule has 2 aromatic rings. The second-order valence-corrected chi connectivity index (χ2v) is 3.57. The smallest absolute Gasteiger partial charge is 0.299 e. The first-order valence-corrected chi connectivity index (χ1v) is 4.98. The van der Waals surface area contributed by atoms with Gasteiger partial charge in [-0.15, -0.1) is 0 Å². The summed E-state index contributed by atoms with van der Waals surface area (Å²) in [6.07, 6.45) is 0.868. The van der Waals surface area contributed by atoms with Gasteiger partial charge in [-0.3, -0.25) is 9.36 Å². The van der Waals surface area contributed by atoms with Crippen molar-refractivity contribution in [2.24, 2.45) is 0 Å². The molecule has 1 aromatic heterocycles. The highest BCUT2D eigenvalue weighted by atomic mass is 16.5. The summed E-state index contributed by atoms with van der Waals surface area (Å²) in [6.45, 7) is 1.34. The van der Waals surface area contributed by atoms with E-state index in [2.05, 4.69) is 4.98 Å². The number of hydrogen-bond donors (Lipinski definition) is 0. The van der Waals surface area contributed by atoms with Crippen LogP contribution in [0.4, 0.5) is 0 Å². The van der Waals surface area contributed by atoms with Gasteiger partial charge in [-0.25, -0.2) is 0 Å². The first-order valence-electron chi connectivity index (χ1n) is 4.98. The Bertz CT molecular complexity index is 574. The number of aromatic nitrogens is 2. The maximum absolute atomic E-state index is 12.0. The van der Waals surface area contributed by atoms with Crippen LogP contribution < -0.4 is 10.3 Å². The fourth-order valence-corrected chi connectivity index (χ4v) is 1.84. The third-order valence-electron chi connectivity index (χ3n) is 2.58. The molecule has 1 aliphatic rings. The predicted octanol–water partition coefficient (Wildman–Crippen LogP) is 1.18. The molecule has 4 nitrogen and oxygen atoms in total. The Morgan fingerprint density at radius 2 is 2.20 bits per heavy atom. The van der Waals surface area contributed by atoms with Crippen molar-refractivity contribution < 1.29 is 4.74 Å². The average molecular weight is 202 g/mol. The maximum Gasteiger partial charge on any atom is 0.299 e. The van der Waals surface area contributed by atoms with Gasteiger partial charge in [0.25, 0.3) is 11.6 Å². The zero-order valence-electron chi connectivity index (χ0n) is 8.14. The summed E-state index contributed by atoms with van der Waals surface area (Å²) in [5.41, 5.74) is 0.700. The van der Waals surface area contributed by atoms with Crippen molar-refractivity contribution in [1.82, 2.24) is 9.55 Å². The van der Waals surface area contributed by atoms with Gasteiger partial charge in [-0.05, 0) is 18.6 Å². The second-order valence-electron chi connectivity index (χ2n) is 3.57. The lowest BCUT2D eigenvalue weighted by molar-refractivity contribution is 0.224. The number of nitrogens with zero attached hydrogens (tertiary/aromatic N) is 2. The van der Waals surface area contributed by atoms with Crippen LogP contribution in [0, 0.1) is 0 Å². The molecule has 0 saturated carbocycles. The topological polar surface area (TPSA) is 44.1 Å². The van der Waals surface area contributed by atoms with E-state index in [1.807, 2.05) is 18.2 Å². The van der Waals surface area contributed by atoms with Crippen LogP contribution in [0.5, 0.6) is 6.01 Å². The van der Waals surface area contributed by atoms with Gasteiger partial charge >= 0.3 is 0 Å². The Labute approximate surface area is 86.1 Å². The van der Waals surface area contributed by atoms with E-state index in [-0.39, 0.29) is 5.56 Å². The third-order valence-corrected chi connectivity index (χ3v) is 2.58. The Balaban J connectivity index is 2.41. The van der Waals surface area contributed by atoms with Gasteiger partial charge < -0.3 is 4.74 Å². The largest absolute Gasteiger partial charge is 0.465 e. The Hall–Kier alpha value is -1.84. The van der Waals surface area contributed by atoms with Crippen molar-refractivity contribution in [2.45, 2.75) is 13.0 Å². The van der Waals surface area contributed by atoms with E-state index < -0.39 is 0 Å². The van der Waals surface area contributed by atoms with Crippen LogP contribution in [0.2, 0.25) is 0 Å². The zero-order chi connectivity index (χ0) is 10.3. The molecule has 2 heterocycles. The highest BCUT2D eigenvalue weighted by molar-refractivity contribution is 5.77. The fraction of sp³-hybridized carbons (Fsp3) is 0.273. The van der Waals surface area contributed by atoms with E-state index in [4.69, 9.17) is 4.74 Å². The van der Waals surface area contributed by atoms with Crippen LogP contribution in [0.15, 0.2) is 29.1 Å². The third kappa shape index (κ3) is 1.21. The standard InChI is InChI=1S/C11H10N2O2/c14-10-8-4-1-2-5-9(8)12-11-13(10)6-3-7-15-11/h1-2,4-5H,3,6-7H2. The van der Waals surface area contributed by atoms with Crippen molar-refractivity contribution >= 4 is 10.9 Å². The molecule has 0 radical (unpaired) electrons. The Morgan fingerprint density at radius 1 is 1.33 bits per heavy atom. The van der Waals surface area contributed by atoms with Crippen molar-refractivity contribution in [1.29, 1.82) is 0 Å². The lowest BCUT2D eigenvalue weighted by Crippen LogP contribution is -2.28. The van der Waals surface area contributed by atoms with Gasteiger partial charge in [0.05, 0.1) is 17.5 Å². The first-order chi connectivity index (χ1) is 7.36. The molecule has 4 heteroatoms. The molecule has 1 aromatic carbocycles. The maximum atomic E-state index is 12.0. The lowest BCUT2D eigenvalue weighted by atomic mass is 10.2. The monoisotopic (exact) mass is 202 g/mol. The van der Waals surface area contributed by atoms with Gasteiger partial charge in [0.2, 0.25) is 0 Å². The minimum Gasteiger partial charge on any atom is -0.465 e. The molecule has 0 amide bonds. The van der Waals surface area contributed by atoms with Crippen LogP contribution in [-0.2, 0) is 6.54 Å². The minimum atomic E-state index is -0.00435. The molecule has 0 saturated heterocycles. The van der Waals surface area contributed by atoms with Gasteiger partial charge in [-0.1, -0.05) is 12.1 Å². The molecular weight excluding hydrogens is 192 g/mol. The normalized spacial score (nSPS) is 14.7. The summed E-state index contributed by atoms with van der Waals surface area (Å²) < 4.78 is 6.97. The molecule has 0 aliphatic carbocycles. The molecule has 0 atom stereocenters. The van der Waals surface area contributed by atoms with E-state index >= 15 is 0 Å². The van der Waals surface area contributed by atoms with Crippen molar-refractivity contribution in [3.63, 3.8) is 0 Å². The average Bonchev–Trinajstić information content (AvgIpc) is 2.30. The molecule has 3 rings (SSSR count). The first kappa shape index (κ1) is 8.47. The number of ether oxygens (including phenoxy) is 1. The van der Waals surface area contributed by atoms with Crippen LogP contribution in [0.25, 0.3) is 10.9 Å². The minimum absolute atomic E-state index is 0.00435. The van der Waals surface area contributed by atoms with Gasteiger partial charge in [0.1, 0.15) is 0 Å². The molecular formula is C11H10N2O2. The molecule has 0 unspecified atom stereocenters. The van der Waals surface area contributed by atoms with Crippen LogP contribution in [-0.4, -0.2) is 16.2 Å². The SMILES string of the molecule is O=c1c2ccccc2nc2n1CCCO2. The Kier molecular flexibility index (Phi) is 1.74. The van der Waals surface area contributed by atoms with Crippen LogP contribution in [0.1, 0.15) is 6.42 Å². The molecule has 76 valence electrons. The number of fused-ring (bicyclic) bond motifs is 2.